The lowest BCUT2D eigenvalue weighted by molar-refractivity contribution is 0.0321. The minimum atomic E-state index is -0.466. The Morgan fingerprint density at radius 2 is 1.08 bits per heavy atom. The number of aromatic nitrogens is 2. The van der Waals surface area contributed by atoms with Crippen LogP contribution < -0.4 is 9.47 Å². The van der Waals surface area contributed by atoms with Gasteiger partial charge in [-0.05, 0) is 53.6 Å². The van der Waals surface area contributed by atoms with Gasteiger partial charge in [-0.3, -0.25) is 14.8 Å². The lowest BCUT2D eigenvalue weighted by Crippen LogP contribution is -2.38. The van der Waals surface area contributed by atoms with Crippen molar-refractivity contribution in [2.75, 3.05) is 78.9 Å². The zero-order valence-corrected chi connectivity index (χ0v) is 28.0. The van der Waals surface area contributed by atoms with E-state index >= 15 is 0 Å². The minimum Gasteiger partial charge on any atom is -0.492 e. The van der Waals surface area contributed by atoms with Crippen molar-refractivity contribution in [2.24, 2.45) is 0 Å². The van der Waals surface area contributed by atoms with E-state index in [0.717, 1.165) is 105 Å². The van der Waals surface area contributed by atoms with Gasteiger partial charge in [-0.15, -0.1) is 0 Å². The summed E-state index contributed by atoms with van der Waals surface area (Å²) in [6.45, 7) is 11.8. The molecule has 0 amide bonds. The second-order valence-corrected chi connectivity index (χ2v) is 11.1. The molecule has 11 heteroatoms. The number of pyridine rings is 2. The predicted octanol–water partition coefficient (Wildman–Crippen LogP) is 5.65. The van der Waals surface area contributed by atoms with Crippen molar-refractivity contribution >= 4 is 0 Å². The van der Waals surface area contributed by atoms with Crippen LogP contribution in [0, 0.1) is 28.6 Å². The maximum atomic E-state index is 12.8. The average Bonchev–Trinajstić information content (AvgIpc) is 3.15. The second kappa shape index (κ2) is 21.1. The van der Waals surface area contributed by atoms with Gasteiger partial charge in [0.2, 0.25) is 5.95 Å². The third-order valence-corrected chi connectivity index (χ3v) is 7.75. The molecule has 2 aromatic carbocycles. The Morgan fingerprint density at radius 1 is 0.653 bits per heavy atom. The number of nitrogens with zero attached hydrogens (tertiary/aromatic N) is 6. The van der Waals surface area contributed by atoms with Crippen molar-refractivity contribution in [2.45, 2.75) is 13.3 Å². The molecule has 256 valence electrons. The van der Waals surface area contributed by atoms with Crippen LogP contribution in [-0.2, 0) is 15.9 Å². The monoisotopic (exact) mass is 666 g/mol. The Labute approximate surface area is 288 Å². The quantitative estimate of drug-likeness (QED) is 0.186. The molecule has 2 aromatic heterocycles. The summed E-state index contributed by atoms with van der Waals surface area (Å²) in [6.07, 6.45) is 3.68. The van der Waals surface area contributed by atoms with Gasteiger partial charge < -0.3 is 18.9 Å². The van der Waals surface area contributed by atoms with Crippen LogP contribution in [0.5, 0.6) is 11.5 Å². The molecule has 10 nitrogen and oxygen atoms in total. The van der Waals surface area contributed by atoms with E-state index in [1.165, 1.54) is 19.2 Å². The van der Waals surface area contributed by atoms with Crippen molar-refractivity contribution in [3.63, 3.8) is 0 Å². The Kier molecular flexibility index (Phi) is 15.9. The molecular weight excluding hydrogens is 623 g/mol. The Hall–Kier alpha value is -4.91. The van der Waals surface area contributed by atoms with Crippen molar-refractivity contribution in [3.8, 4) is 45.9 Å². The molecule has 0 bridgehead atoms. The van der Waals surface area contributed by atoms with Crippen LogP contribution in [0.3, 0.4) is 0 Å². The number of hydrogen-bond donors (Lipinski definition) is 0. The number of benzene rings is 2. The zero-order valence-electron chi connectivity index (χ0n) is 28.0. The van der Waals surface area contributed by atoms with E-state index in [0.29, 0.717) is 19.6 Å². The number of nitriles is 2. The van der Waals surface area contributed by atoms with E-state index in [9.17, 15) is 4.39 Å². The van der Waals surface area contributed by atoms with Crippen LogP contribution in [0.2, 0.25) is 0 Å². The molecular formula is C38H43FN6O4. The maximum absolute atomic E-state index is 12.8. The van der Waals surface area contributed by atoms with E-state index < -0.39 is 5.95 Å². The van der Waals surface area contributed by atoms with Crippen molar-refractivity contribution in [3.05, 3.63) is 96.8 Å². The van der Waals surface area contributed by atoms with Crippen LogP contribution in [0.4, 0.5) is 4.39 Å². The molecule has 0 unspecified atom stereocenters. The fourth-order valence-electron chi connectivity index (χ4n) is 5.05. The van der Waals surface area contributed by atoms with Crippen molar-refractivity contribution in [1.82, 2.24) is 19.8 Å². The highest BCUT2D eigenvalue weighted by Gasteiger charge is 2.11. The molecule has 2 fully saturated rings. The predicted molar refractivity (Wildman–Crippen MR) is 185 cm³/mol. The number of halogens is 1. The lowest BCUT2D eigenvalue weighted by Gasteiger charge is -2.26. The van der Waals surface area contributed by atoms with Gasteiger partial charge in [0, 0.05) is 69.7 Å². The number of rotatable bonds is 11. The largest absolute Gasteiger partial charge is 0.492 e. The first kappa shape index (κ1) is 36.9. The SMILES string of the molecule is CC#N.Fc1ccc(-c2ccc(OCCN3CCOCC3)cc2)cn1.N#CCc1ccc(-c2ccc(OCCN3CCOCC3)cc2)cn1. The highest BCUT2D eigenvalue weighted by Crippen LogP contribution is 2.23. The molecule has 0 spiro atoms. The molecule has 0 atom stereocenters. The molecule has 2 aliphatic rings. The van der Waals surface area contributed by atoms with Crippen molar-refractivity contribution in [1.29, 1.82) is 10.5 Å². The summed E-state index contributed by atoms with van der Waals surface area (Å²) in [4.78, 5) is 12.7. The summed E-state index contributed by atoms with van der Waals surface area (Å²) in [5.74, 6) is 1.25. The Morgan fingerprint density at radius 3 is 1.47 bits per heavy atom. The molecule has 0 aliphatic carbocycles. The van der Waals surface area contributed by atoms with Crippen LogP contribution in [0.15, 0.2) is 85.2 Å². The fourth-order valence-corrected chi connectivity index (χ4v) is 5.05. The first-order valence-corrected chi connectivity index (χ1v) is 16.4. The van der Waals surface area contributed by atoms with Gasteiger partial charge in [0.1, 0.15) is 24.7 Å². The highest BCUT2D eigenvalue weighted by atomic mass is 19.1. The first-order valence-electron chi connectivity index (χ1n) is 16.4. The van der Waals surface area contributed by atoms with Crippen LogP contribution >= 0.6 is 0 Å². The summed E-state index contributed by atoms with van der Waals surface area (Å²) in [5, 5.41) is 16.0. The van der Waals surface area contributed by atoms with Gasteiger partial charge in [0.25, 0.3) is 0 Å². The second-order valence-electron chi connectivity index (χ2n) is 11.1. The van der Waals surface area contributed by atoms with Gasteiger partial charge in [-0.25, -0.2) is 4.98 Å². The number of hydrogen-bond acceptors (Lipinski definition) is 10. The number of ether oxygens (including phenoxy) is 4. The van der Waals surface area contributed by atoms with Crippen LogP contribution in [-0.4, -0.2) is 98.7 Å². The summed E-state index contributed by atoms with van der Waals surface area (Å²) < 4.78 is 35.0. The van der Waals surface area contributed by atoms with Gasteiger partial charge in [0.05, 0.1) is 50.7 Å². The molecule has 49 heavy (non-hydrogen) atoms. The molecule has 4 heterocycles. The molecule has 2 aliphatic heterocycles. The lowest BCUT2D eigenvalue weighted by atomic mass is 10.1. The van der Waals surface area contributed by atoms with Gasteiger partial charge in [0.15, 0.2) is 0 Å². The Balaban J connectivity index is 0.000000205. The van der Waals surface area contributed by atoms with Crippen LogP contribution in [0.1, 0.15) is 12.6 Å². The third-order valence-electron chi connectivity index (χ3n) is 7.75. The summed E-state index contributed by atoms with van der Waals surface area (Å²) in [5.41, 5.74) is 4.81. The maximum Gasteiger partial charge on any atom is 0.212 e. The third kappa shape index (κ3) is 13.3. The molecule has 4 aromatic rings. The Bertz CT molecular complexity index is 1580. The van der Waals surface area contributed by atoms with Gasteiger partial charge in [-0.2, -0.15) is 14.9 Å². The molecule has 2 saturated heterocycles. The standard InChI is InChI=1S/C19H21N3O2.C17H19FN2O2.C2H3N/c20-8-7-18-4-1-17(15-21-18)16-2-5-19(6-3-16)24-14-11-22-9-12-23-13-10-22;18-17-6-3-15(13-19-17)14-1-4-16(5-2-14)22-12-9-20-7-10-21-11-8-20;1-2-3/h1-6,15H,7,9-14H2;1-6,13H,7-12H2;1H3. The zero-order chi connectivity index (χ0) is 34.5. The topological polar surface area (TPSA) is 117 Å². The van der Waals surface area contributed by atoms with Gasteiger partial charge >= 0.3 is 0 Å². The summed E-state index contributed by atoms with van der Waals surface area (Å²) in [6, 6.07) is 26.6. The van der Waals surface area contributed by atoms with Crippen molar-refractivity contribution < 1.29 is 23.3 Å². The van der Waals surface area contributed by atoms with Crippen LogP contribution in [0.25, 0.3) is 22.3 Å². The fraction of sp³-hybridized carbons (Fsp3) is 0.368. The average molecular weight is 667 g/mol. The van der Waals surface area contributed by atoms with Gasteiger partial charge in [-0.1, -0.05) is 30.3 Å². The smallest absolute Gasteiger partial charge is 0.212 e. The normalized spacial score (nSPS) is 14.5. The minimum absolute atomic E-state index is 0.343. The molecule has 0 N–H and O–H groups in total. The molecule has 0 radical (unpaired) electrons. The number of morpholine rings is 2. The van der Waals surface area contributed by atoms with E-state index in [2.05, 4.69) is 25.8 Å². The summed E-state index contributed by atoms with van der Waals surface area (Å²) in [7, 11) is 0. The molecule has 6 rings (SSSR count). The van der Waals surface area contributed by atoms with E-state index in [1.54, 1.807) is 18.3 Å². The van der Waals surface area contributed by atoms with E-state index in [4.69, 9.17) is 29.5 Å². The summed E-state index contributed by atoms with van der Waals surface area (Å²) >= 11 is 0. The van der Waals surface area contributed by atoms with E-state index in [1.807, 2.05) is 60.7 Å². The highest BCUT2D eigenvalue weighted by molar-refractivity contribution is 5.64. The first-order chi connectivity index (χ1) is 24.1. The molecule has 0 saturated carbocycles. The van der Waals surface area contributed by atoms with E-state index in [-0.39, 0.29) is 0 Å².